The van der Waals surface area contributed by atoms with Gasteiger partial charge in [0.15, 0.2) is 5.96 Å². The Kier molecular flexibility index (Phi) is 12.1. The average Bonchev–Trinajstić information content (AvgIpc) is 2.52. The molecule has 0 aliphatic carbocycles. The first-order chi connectivity index (χ1) is 10.6. The van der Waals surface area contributed by atoms with Crippen LogP contribution < -0.4 is 5.32 Å². The molecule has 0 saturated heterocycles. The van der Waals surface area contributed by atoms with Crippen LogP contribution in [0.25, 0.3) is 0 Å². The molecule has 0 spiro atoms. The lowest BCUT2D eigenvalue weighted by atomic mass is 10.1. The summed E-state index contributed by atoms with van der Waals surface area (Å²) in [7, 11) is 3.91. The Hall–Kier alpha value is -0.820. The van der Waals surface area contributed by atoms with Gasteiger partial charge < -0.3 is 15.0 Å². The van der Waals surface area contributed by atoms with Crippen molar-refractivity contribution in [2.45, 2.75) is 52.9 Å². The van der Waals surface area contributed by atoms with Crippen molar-refractivity contribution in [3.63, 3.8) is 0 Å². The number of hydrogen-bond donors (Lipinski definition) is 1. The van der Waals surface area contributed by atoms with Gasteiger partial charge in [0.25, 0.3) is 0 Å². The van der Waals surface area contributed by atoms with Gasteiger partial charge in [0.05, 0.1) is 12.7 Å². The highest BCUT2D eigenvalue weighted by atomic mass is 127. The fourth-order valence-corrected chi connectivity index (χ4v) is 2.08. The Balaban J connectivity index is 0.00000484. The zero-order valence-electron chi connectivity index (χ0n) is 15.1. The molecule has 0 fully saturated rings. The summed E-state index contributed by atoms with van der Waals surface area (Å²) in [6, 6.07) is 8.54. The van der Waals surface area contributed by atoms with Crippen LogP contribution in [-0.4, -0.2) is 37.6 Å². The van der Waals surface area contributed by atoms with E-state index in [2.05, 4.69) is 67.3 Å². The van der Waals surface area contributed by atoms with Gasteiger partial charge in [-0.25, -0.2) is 0 Å². The summed E-state index contributed by atoms with van der Waals surface area (Å²) < 4.78 is 5.61. The van der Waals surface area contributed by atoms with Crippen LogP contribution in [-0.2, 0) is 17.9 Å². The van der Waals surface area contributed by atoms with Crippen molar-refractivity contribution < 1.29 is 4.74 Å². The molecule has 0 saturated carbocycles. The van der Waals surface area contributed by atoms with Gasteiger partial charge in [-0.3, -0.25) is 4.99 Å². The van der Waals surface area contributed by atoms with E-state index in [9.17, 15) is 0 Å². The van der Waals surface area contributed by atoms with Crippen molar-refractivity contribution in [2.75, 3.05) is 20.6 Å². The number of halogens is 1. The second kappa shape index (κ2) is 12.6. The van der Waals surface area contributed by atoms with Crippen molar-refractivity contribution in [1.29, 1.82) is 0 Å². The number of unbranched alkanes of at least 4 members (excludes halogenated alkanes) is 1. The van der Waals surface area contributed by atoms with Crippen LogP contribution in [0.3, 0.4) is 0 Å². The molecule has 0 bridgehead atoms. The predicted octanol–water partition coefficient (Wildman–Crippen LogP) is 4.04. The second-order valence-electron chi connectivity index (χ2n) is 5.85. The lowest BCUT2D eigenvalue weighted by Crippen LogP contribution is -2.38. The van der Waals surface area contributed by atoms with Crippen LogP contribution in [0.2, 0.25) is 0 Å². The molecule has 1 rings (SSSR count). The van der Waals surface area contributed by atoms with E-state index in [1.54, 1.807) is 0 Å². The summed E-state index contributed by atoms with van der Waals surface area (Å²) in [5.41, 5.74) is 2.46. The highest BCUT2D eigenvalue weighted by Crippen LogP contribution is 2.07. The third-order valence-corrected chi connectivity index (χ3v) is 3.48. The van der Waals surface area contributed by atoms with E-state index < -0.39 is 0 Å². The topological polar surface area (TPSA) is 36.9 Å². The van der Waals surface area contributed by atoms with Crippen molar-refractivity contribution in [2.24, 2.45) is 4.99 Å². The zero-order valence-corrected chi connectivity index (χ0v) is 17.5. The Bertz CT molecular complexity index is 446. The summed E-state index contributed by atoms with van der Waals surface area (Å²) in [6.07, 6.45) is 2.64. The van der Waals surface area contributed by atoms with Crippen molar-refractivity contribution in [1.82, 2.24) is 10.2 Å². The van der Waals surface area contributed by atoms with Crippen LogP contribution in [0.4, 0.5) is 0 Å². The average molecular weight is 433 g/mol. The Labute approximate surface area is 158 Å². The molecular formula is C18H32IN3O. The molecule has 23 heavy (non-hydrogen) atoms. The number of nitrogens with zero attached hydrogens (tertiary/aromatic N) is 2. The minimum Gasteiger partial charge on any atom is -0.374 e. The van der Waals surface area contributed by atoms with Gasteiger partial charge in [0.1, 0.15) is 0 Å². The van der Waals surface area contributed by atoms with E-state index in [-0.39, 0.29) is 30.1 Å². The van der Waals surface area contributed by atoms with Gasteiger partial charge in [0, 0.05) is 27.2 Å². The largest absolute Gasteiger partial charge is 0.374 e. The number of nitrogens with one attached hydrogen (secondary N) is 1. The van der Waals surface area contributed by atoms with Gasteiger partial charge >= 0.3 is 0 Å². The fourth-order valence-electron chi connectivity index (χ4n) is 2.08. The smallest absolute Gasteiger partial charge is 0.193 e. The molecule has 5 heteroatoms. The van der Waals surface area contributed by atoms with Crippen LogP contribution >= 0.6 is 24.0 Å². The number of ether oxygens (including phenoxy) is 1. The molecule has 132 valence electrons. The van der Waals surface area contributed by atoms with Gasteiger partial charge in [0.2, 0.25) is 0 Å². The maximum Gasteiger partial charge on any atom is 0.193 e. The molecule has 4 nitrogen and oxygen atoms in total. The second-order valence-corrected chi connectivity index (χ2v) is 5.85. The van der Waals surface area contributed by atoms with Crippen LogP contribution in [0.1, 0.15) is 44.7 Å². The van der Waals surface area contributed by atoms with E-state index >= 15 is 0 Å². The Morgan fingerprint density at radius 1 is 1.22 bits per heavy atom. The number of aliphatic imine (C=N–C) groups is 1. The van der Waals surface area contributed by atoms with Gasteiger partial charge in [-0.2, -0.15) is 0 Å². The summed E-state index contributed by atoms with van der Waals surface area (Å²) in [5.74, 6) is 0.945. The number of benzene rings is 1. The number of rotatable bonds is 8. The maximum absolute atomic E-state index is 5.61. The van der Waals surface area contributed by atoms with Crippen molar-refractivity contribution in [3.05, 3.63) is 35.4 Å². The standard InChI is InChI=1S/C18H31N3O.HI/c1-6-7-12-21(5)18(19-4)20-13-16-8-10-17(11-9-16)14-22-15(2)3;/h8-11,15H,6-7,12-14H2,1-5H3,(H,19,20);1H. The lowest BCUT2D eigenvalue weighted by Gasteiger charge is -2.21. The molecular weight excluding hydrogens is 401 g/mol. The van der Waals surface area contributed by atoms with Gasteiger partial charge in [-0.15, -0.1) is 24.0 Å². The maximum atomic E-state index is 5.61. The summed E-state index contributed by atoms with van der Waals surface area (Å²) in [6.45, 7) is 8.80. The minimum absolute atomic E-state index is 0. The third-order valence-electron chi connectivity index (χ3n) is 3.48. The van der Waals surface area contributed by atoms with Gasteiger partial charge in [-0.1, -0.05) is 37.6 Å². The molecule has 1 N–H and O–H groups in total. The summed E-state index contributed by atoms with van der Waals surface area (Å²) in [4.78, 5) is 6.51. The van der Waals surface area contributed by atoms with Crippen LogP contribution in [0, 0.1) is 0 Å². The first-order valence-electron chi connectivity index (χ1n) is 8.18. The molecule has 0 aromatic heterocycles. The van der Waals surface area contributed by atoms with Crippen LogP contribution in [0.15, 0.2) is 29.3 Å². The van der Waals surface area contributed by atoms with E-state index in [0.717, 1.165) is 19.0 Å². The minimum atomic E-state index is 0. The quantitative estimate of drug-likeness (QED) is 0.382. The number of guanidine groups is 1. The third kappa shape index (κ3) is 9.15. The van der Waals surface area contributed by atoms with Crippen LogP contribution in [0.5, 0.6) is 0 Å². The van der Waals surface area contributed by atoms with E-state index in [1.807, 2.05) is 7.05 Å². The van der Waals surface area contributed by atoms with E-state index in [4.69, 9.17) is 4.74 Å². The molecule has 0 aliphatic rings. The Morgan fingerprint density at radius 3 is 2.35 bits per heavy atom. The predicted molar refractivity (Wildman–Crippen MR) is 110 cm³/mol. The normalized spacial score (nSPS) is 11.3. The van der Waals surface area contributed by atoms with E-state index in [0.29, 0.717) is 6.61 Å². The number of hydrogen-bond acceptors (Lipinski definition) is 2. The fraction of sp³-hybridized carbons (Fsp3) is 0.611. The molecule has 0 heterocycles. The summed E-state index contributed by atoms with van der Waals surface area (Å²) in [5, 5.41) is 3.41. The van der Waals surface area contributed by atoms with Crippen molar-refractivity contribution in [3.8, 4) is 0 Å². The first kappa shape index (κ1) is 22.2. The monoisotopic (exact) mass is 433 g/mol. The highest BCUT2D eigenvalue weighted by molar-refractivity contribution is 14.0. The molecule has 0 radical (unpaired) electrons. The lowest BCUT2D eigenvalue weighted by molar-refractivity contribution is 0.0657. The molecule has 0 amide bonds. The molecule has 1 aromatic carbocycles. The van der Waals surface area contributed by atoms with E-state index in [1.165, 1.54) is 24.0 Å². The van der Waals surface area contributed by atoms with Crippen molar-refractivity contribution >= 4 is 29.9 Å². The summed E-state index contributed by atoms with van der Waals surface area (Å²) >= 11 is 0. The highest BCUT2D eigenvalue weighted by Gasteiger charge is 2.05. The molecule has 1 aromatic rings. The Morgan fingerprint density at radius 2 is 1.83 bits per heavy atom. The molecule has 0 atom stereocenters. The molecule has 0 unspecified atom stereocenters. The zero-order chi connectivity index (χ0) is 16.4. The molecule has 0 aliphatic heterocycles. The SMILES string of the molecule is CCCCN(C)C(=NC)NCc1ccc(COC(C)C)cc1.I. The van der Waals surface area contributed by atoms with Gasteiger partial charge in [-0.05, 0) is 31.4 Å². The first-order valence-corrected chi connectivity index (χ1v) is 8.18.